The Labute approximate surface area is 216 Å². The van der Waals surface area contributed by atoms with E-state index in [0.29, 0.717) is 22.3 Å². The van der Waals surface area contributed by atoms with Crippen molar-refractivity contribution in [3.63, 3.8) is 0 Å². The molecule has 0 spiro atoms. The lowest BCUT2D eigenvalue weighted by atomic mass is 9.70. The minimum Gasteiger partial charge on any atom is -0.495 e. The second-order valence-corrected chi connectivity index (χ2v) is 10.9. The van der Waals surface area contributed by atoms with Gasteiger partial charge >= 0.3 is 6.18 Å². The lowest BCUT2D eigenvalue weighted by Crippen LogP contribution is -2.34. The maximum Gasteiger partial charge on any atom is 0.391 e. The number of hydrogen-bond acceptors (Lipinski definition) is 6. The van der Waals surface area contributed by atoms with E-state index in [4.69, 9.17) is 4.74 Å². The Morgan fingerprint density at radius 2 is 1.76 bits per heavy atom. The number of fused-ring (bicyclic) bond motifs is 1. The van der Waals surface area contributed by atoms with Crippen LogP contribution in [0.15, 0.2) is 70.6 Å². The van der Waals surface area contributed by atoms with Gasteiger partial charge in [0.2, 0.25) is 5.95 Å². The first-order valence-electron chi connectivity index (χ1n) is 11.7. The minimum atomic E-state index is -4.21. The van der Waals surface area contributed by atoms with Crippen molar-refractivity contribution in [1.82, 2.24) is 14.5 Å². The van der Waals surface area contributed by atoms with Crippen LogP contribution in [0.1, 0.15) is 29.9 Å². The van der Waals surface area contributed by atoms with Gasteiger partial charge in [-0.1, -0.05) is 0 Å². The third kappa shape index (κ3) is 4.71. The van der Waals surface area contributed by atoms with E-state index in [0.717, 1.165) is 11.1 Å². The number of halogens is 3. The van der Waals surface area contributed by atoms with Gasteiger partial charge in [-0.25, -0.2) is 23.1 Å². The number of anilines is 1. The normalized spacial score (nSPS) is 17.7. The van der Waals surface area contributed by atoms with Crippen molar-refractivity contribution in [1.29, 1.82) is 0 Å². The van der Waals surface area contributed by atoms with Crippen LogP contribution in [-0.4, -0.2) is 36.2 Å². The van der Waals surface area contributed by atoms with Crippen molar-refractivity contribution in [2.45, 2.75) is 36.8 Å². The molecule has 0 unspecified atom stereocenters. The zero-order valence-electron chi connectivity index (χ0n) is 20.4. The molecule has 38 heavy (non-hydrogen) atoms. The lowest BCUT2D eigenvalue weighted by Gasteiger charge is -2.37. The molecule has 0 aliphatic heterocycles. The van der Waals surface area contributed by atoms with E-state index in [1.807, 2.05) is 0 Å². The summed E-state index contributed by atoms with van der Waals surface area (Å²) < 4.78 is 74.1. The highest BCUT2D eigenvalue weighted by atomic mass is 32.2. The Bertz CT molecular complexity index is 1680. The fraction of sp³-hybridized carbons (Fsp3) is 0.269. The predicted octanol–water partition coefficient (Wildman–Crippen LogP) is 4.95. The molecule has 1 aliphatic rings. The van der Waals surface area contributed by atoms with Gasteiger partial charge in [0.25, 0.3) is 15.6 Å². The number of aryl methyl sites for hydroxylation is 1. The van der Waals surface area contributed by atoms with Gasteiger partial charge in [0.15, 0.2) is 0 Å². The Morgan fingerprint density at radius 1 is 1.05 bits per heavy atom. The smallest absolute Gasteiger partial charge is 0.391 e. The number of alkyl halides is 3. The molecule has 0 saturated heterocycles. The van der Waals surface area contributed by atoms with E-state index < -0.39 is 22.1 Å². The van der Waals surface area contributed by atoms with Crippen molar-refractivity contribution < 1.29 is 26.3 Å². The molecule has 0 atom stereocenters. The summed E-state index contributed by atoms with van der Waals surface area (Å²) in [6.07, 6.45) is -1.37. The molecule has 1 N–H and O–H groups in total. The van der Waals surface area contributed by atoms with Crippen LogP contribution in [0.5, 0.6) is 5.75 Å². The highest BCUT2D eigenvalue weighted by Crippen LogP contribution is 2.51. The van der Waals surface area contributed by atoms with Gasteiger partial charge in [0.1, 0.15) is 5.75 Å². The Morgan fingerprint density at radius 3 is 2.42 bits per heavy atom. The van der Waals surface area contributed by atoms with Gasteiger partial charge in [0.05, 0.1) is 29.1 Å². The molecule has 0 amide bonds. The molecule has 1 aliphatic carbocycles. The van der Waals surface area contributed by atoms with Gasteiger partial charge in [-0.15, -0.1) is 0 Å². The van der Waals surface area contributed by atoms with Gasteiger partial charge in [-0.2, -0.15) is 13.2 Å². The van der Waals surface area contributed by atoms with Crippen LogP contribution in [0.2, 0.25) is 0 Å². The molecule has 1 saturated carbocycles. The number of hydrogen-bond donors (Lipinski definition) is 1. The number of methoxy groups -OCH3 is 1. The predicted molar refractivity (Wildman–Crippen MR) is 135 cm³/mol. The molecule has 2 aromatic heterocycles. The summed E-state index contributed by atoms with van der Waals surface area (Å²) in [5.41, 5.74) is 1.94. The number of benzene rings is 2. The van der Waals surface area contributed by atoms with E-state index in [2.05, 4.69) is 14.7 Å². The third-order valence-electron chi connectivity index (χ3n) is 6.82. The van der Waals surface area contributed by atoms with Crippen LogP contribution in [0.4, 0.5) is 19.1 Å². The monoisotopic (exact) mass is 544 g/mol. The number of nitrogens with one attached hydrogen (secondary N) is 1. The largest absolute Gasteiger partial charge is 0.495 e. The molecule has 0 bridgehead atoms. The second-order valence-electron chi connectivity index (χ2n) is 9.19. The number of rotatable bonds is 6. The van der Waals surface area contributed by atoms with Gasteiger partial charge in [0, 0.05) is 23.8 Å². The molecule has 198 valence electrons. The molecule has 8 nitrogen and oxygen atoms in total. The molecule has 5 rings (SSSR count). The average molecular weight is 545 g/mol. The van der Waals surface area contributed by atoms with Crippen molar-refractivity contribution >= 4 is 26.9 Å². The van der Waals surface area contributed by atoms with E-state index in [9.17, 15) is 26.4 Å². The standard InChI is InChI=1S/C26H23F3N4O4S/c1-15-10-22(23(37-2)14-20(15)17-11-18(12-17)26(27,28)29)33-21-6-5-19(13-16(21)4-7-24(33)34)38(35,36)32-25-30-8-3-9-31-25/h3-10,13-14,17-18H,11-12H2,1-2H3,(H,30,31,32)/t17-,18-. The van der Waals surface area contributed by atoms with Gasteiger partial charge < -0.3 is 4.74 Å². The number of nitrogens with zero attached hydrogens (tertiary/aromatic N) is 3. The first-order valence-corrected chi connectivity index (χ1v) is 13.2. The molecular formula is C26H23F3N4O4S. The van der Waals surface area contributed by atoms with Gasteiger partial charge in [-0.05, 0) is 79.3 Å². The molecule has 0 radical (unpaired) electrons. The average Bonchev–Trinajstić information content (AvgIpc) is 2.83. The lowest BCUT2D eigenvalue weighted by molar-refractivity contribution is -0.197. The molecule has 4 aromatic rings. The van der Waals surface area contributed by atoms with E-state index in [1.165, 1.54) is 54.4 Å². The summed E-state index contributed by atoms with van der Waals surface area (Å²) in [6.45, 7) is 1.79. The van der Waals surface area contributed by atoms with Crippen molar-refractivity contribution in [3.05, 3.63) is 82.4 Å². The summed E-state index contributed by atoms with van der Waals surface area (Å²) in [5, 5.41) is 0.470. The number of pyridine rings is 1. The number of ether oxygens (including phenoxy) is 1. The molecule has 1 fully saturated rings. The highest BCUT2D eigenvalue weighted by molar-refractivity contribution is 7.92. The van der Waals surface area contributed by atoms with Crippen LogP contribution in [0.25, 0.3) is 16.6 Å². The zero-order valence-corrected chi connectivity index (χ0v) is 21.2. The summed E-state index contributed by atoms with van der Waals surface area (Å²) in [6, 6.07) is 12.1. The zero-order chi connectivity index (χ0) is 27.2. The quantitative estimate of drug-likeness (QED) is 0.368. The minimum absolute atomic E-state index is 0.0143. The van der Waals surface area contributed by atoms with Crippen molar-refractivity contribution in [2.75, 3.05) is 11.8 Å². The Balaban J connectivity index is 1.54. The van der Waals surface area contributed by atoms with Crippen LogP contribution < -0.4 is 15.0 Å². The topological polar surface area (TPSA) is 103 Å². The summed E-state index contributed by atoms with van der Waals surface area (Å²) in [5.74, 6) is -1.31. The maximum absolute atomic E-state index is 13.0. The van der Waals surface area contributed by atoms with E-state index in [-0.39, 0.29) is 35.2 Å². The van der Waals surface area contributed by atoms with Crippen molar-refractivity contribution in [3.8, 4) is 11.4 Å². The second kappa shape index (κ2) is 9.43. The van der Waals surface area contributed by atoms with Crippen LogP contribution in [0.3, 0.4) is 0 Å². The fourth-order valence-corrected chi connectivity index (χ4v) is 5.77. The number of aromatic nitrogens is 3. The SMILES string of the molecule is COc1cc([C@H]2C[C@H](C(F)(F)F)C2)c(C)cc1-n1c(=O)ccc2cc(S(=O)(=O)Nc3ncccn3)ccc21. The molecule has 2 aromatic carbocycles. The number of sulfonamides is 1. The highest BCUT2D eigenvalue weighted by Gasteiger charge is 2.48. The first-order chi connectivity index (χ1) is 18.0. The van der Waals surface area contributed by atoms with Gasteiger partial charge in [-0.3, -0.25) is 9.36 Å². The molecular weight excluding hydrogens is 521 g/mol. The van der Waals surface area contributed by atoms with E-state index >= 15 is 0 Å². The molecule has 12 heteroatoms. The summed E-state index contributed by atoms with van der Waals surface area (Å²) in [7, 11) is -2.58. The fourth-order valence-electron chi connectivity index (χ4n) is 4.78. The Kier molecular flexibility index (Phi) is 6.38. The van der Waals surface area contributed by atoms with Crippen molar-refractivity contribution in [2.24, 2.45) is 5.92 Å². The van der Waals surface area contributed by atoms with Crippen LogP contribution >= 0.6 is 0 Å². The first kappa shape index (κ1) is 25.7. The summed E-state index contributed by atoms with van der Waals surface area (Å²) >= 11 is 0. The third-order valence-corrected chi connectivity index (χ3v) is 8.14. The summed E-state index contributed by atoms with van der Waals surface area (Å²) in [4.78, 5) is 20.7. The molecule has 2 heterocycles. The van der Waals surface area contributed by atoms with Crippen LogP contribution in [0, 0.1) is 12.8 Å². The van der Waals surface area contributed by atoms with E-state index in [1.54, 1.807) is 25.1 Å². The Hall–Kier alpha value is -3.93. The van der Waals surface area contributed by atoms with Crippen LogP contribution in [-0.2, 0) is 10.0 Å². The maximum atomic E-state index is 13.0.